The molecule has 0 radical (unpaired) electrons. The number of hydrogen-bond acceptors (Lipinski definition) is 3. The van der Waals surface area contributed by atoms with Crippen LogP contribution in [0.5, 0.6) is 0 Å². The molecule has 0 bridgehead atoms. The molecule has 1 aromatic rings. The average Bonchev–Trinajstić information content (AvgIpc) is 2.91. The van der Waals surface area contributed by atoms with Crippen LogP contribution in [0.4, 0.5) is 0 Å². The summed E-state index contributed by atoms with van der Waals surface area (Å²) in [6.45, 7) is 3.20. The molecule has 19 heavy (non-hydrogen) atoms. The van der Waals surface area contributed by atoms with Gasteiger partial charge >= 0.3 is 0 Å². The summed E-state index contributed by atoms with van der Waals surface area (Å²) >= 11 is 0. The first-order valence-electron chi connectivity index (χ1n) is 6.37. The van der Waals surface area contributed by atoms with Crippen molar-refractivity contribution in [3.63, 3.8) is 0 Å². The minimum Gasteiger partial charge on any atom is -0.379 e. The molecule has 0 aliphatic carbocycles. The monoisotopic (exact) mass is 284 g/mol. The summed E-state index contributed by atoms with van der Waals surface area (Å²) in [6.07, 6.45) is 0.888. The number of carbonyl (C=O) groups is 1. The number of carbonyl (C=O) groups excluding carboxylic acids is 1. The van der Waals surface area contributed by atoms with Gasteiger partial charge in [-0.2, -0.15) is 0 Å². The van der Waals surface area contributed by atoms with E-state index < -0.39 is 0 Å². The van der Waals surface area contributed by atoms with Crippen molar-refractivity contribution in [2.24, 2.45) is 11.7 Å². The number of halogens is 1. The Balaban J connectivity index is 0.00000180. The van der Waals surface area contributed by atoms with Crippen molar-refractivity contribution in [2.45, 2.75) is 25.4 Å². The van der Waals surface area contributed by atoms with Gasteiger partial charge in [-0.05, 0) is 12.0 Å². The fourth-order valence-electron chi connectivity index (χ4n) is 2.11. The molecule has 3 unspecified atom stereocenters. The van der Waals surface area contributed by atoms with Crippen LogP contribution in [-0.4, -0.2) is 25.2 Å². The zero-order chi connectivity index (χ0) is 13.0. The molecule has 0 aromatic heterocycles. The fourth-order valence-corrected chi connectivity index (χ4v) is 2.11. The Kier molecular flexibility index (Phi) is 6.28. The third-order valence-corrected chi connectivity index (χ3v) is 3.41. The highest BCUT2D eigenvalue weighted by Crippen LogP contribution is 2.19. The summed E-state index contributed by atoms with van der Waals surface area (Å²) in [7, 11) is 0. The molecule has 106 valence electrons. The number of nitrogens with two attached hydrogens (primary N) is 1. The van der Waals surface area contributed by atoms with Crippen LogP contribution in [0.3, 0.4) is 0 Å². The number of amides is 1. The second-order valence-corrected chi connectivity index (χ2v) is 4.79. The lowest BCUT2D eigenvalue weighted by atomic mass is 9.94. The van der Waals surface area contributed by atoms with Crippen LogP contribution < -0.4 is 11.1 Å². The third-order valence-electron chi connectivity index (χ3n) is 3.41. The molecule has 0 saturated carbocycles. The minimum atomic E-state index is -0.270. The van der Waals surface area contributed by atoms with E-state index in [1.807, 2.05) is 37.3 Å². The predicted octanol–water partition coefficient (Wildman–Crippen LogP) is 1.65. The Morgan fingerprint density at radius 1 is 1.42 bits per heavy atom. The number of rotatable bonds is 4. The van der Waals surface area contributed by atoms with E-state index >= 15 is 0 Å². The van der Waals surface area contributed by atoms with Crippen molar-refractivity contribution in [3.8, 4) is 0 Å². The molecule has 2 rings (SSSR count). The van der Waals surface area contributed by atoms with Crippen LogP contribution in [0.1, 0.15) is 24.9 Å². The average molecular weight is 285 g/mol. The van der Waals surface area contributed by atoms with Crippen molar-refractivity contribution in [1.82, 2.24) is 5.32 Å². The van der Waals surface area contributed by atoms with Crippen molar-refractivity contribution < 1.29 is 9.53 Å². The second-order valence-electron chi connectivity index (χ2n) is 4.79. The highest BCUT2D eigenvalue weighted by Gasteiger charge is 2.25. The van der Waals surface area contributed by atoms with Gasteiger partial charge in [0.1, 0.15) is 0 Å². The van der Waals surface area contributed by atoms with Crippen molar-refractivity contribution in [3.05, 3.63) is 35.9 Å². The van der Waals surface area contributed by atoms with Crippen LogP contribution in [0.15, 0.2) is 30.3 Å². The molecular formula is C14H21ClN2O2. The number of hydrogen-bond donors (Lipinski definition) is 2. The van der Waals surface area contributed by atoms with E-state index in [2.05, 4.69) is 5.32 Å². The van der Waals surface area contributed by atoms with E-state index in [0.717, 1.165) is 18.6 Å². The van der Waals surface area contributed by atoms with E-state index in [1.54, 1.807) is 0 Å². The molecule has 4 nitrogen and oxygen atoms in total. The smallest absolute Gasteiger partial charge is 0.225 e. The second kappa shape index (κ2) is 7.48. The SMILES string of the molecule is CC(C(=O)NC1CCOC1)C(N)c1ccccc1.Cl. The molecule has 1 aromatic carbocycles. The normalized spacial score (nSPS) is 21.3. The zero-order valence-electron chi connectivity index (χ0n) is 11.0. The van der Waals surface area contributed by atoms with Gasteiger partial charge in [-0.1, -0.05) is 37.3 Å². The first-order chi connectivity index (χ1) is 8.68. The van der Waals surface area contributed by atoms with E-state index in [9.17, 15) is 4.79 Å². The Morgan fingerprint density at radius 2 is 2.11 bits per heavy atom. The Morgan fingerprint density at radius 3 is 2.68 bits per heavy atom. The summed E-state index contributed by atoms with van der Waals surface area (Å²) in [6, 6.07) is 9.59. The van der Waals surface area contributed by atoms with Gasteiger partial charge in [-0.3, -0.25) is 4.79 Å². The molecular weight excluding hydrogens is 264 g/mol. The van der Waals surface area contributed by atoms with Gasteiger partial charge in [0.25, 0.3) is 0 Å². The Bertz CT molecular complexity index is 394. The van der Waals surface area contributed by atoms with Gasteiger partial charge in [0.2, 0.25) is 5.91 Å². The van der Waals surface area contributed by atoms with E-state index in [4.69, 9.17) is 10.5 Å². The number of benzene rings is 1. The number of nitrogens with one attached hydrogen (secondary N) is 1. The standard InChI is InChI=1S/C14H20N2O2.ClH/c1-10(13(15)11-5-3-2-4-6-11)14(17)16-12-7-8-18-9-12;/h2-6,10,12-13H,7-9,15H2,1H3,(H,16,17);1H. The molecule has 3 atom stereocenters. The van der Waals surface area contributed by atoms with Crippen LogP contribution in [0.2, 0.25) is 0 Å². The summed E-state index contributed by atoms with van der Waals surface area (Å²) in [5.74, 6) is -0.241. The van der Waals surface area contributed by atoms with Gasteiger partial charge in [0.05, 0.1) is 18.6 Å². The molecule has 1 amide bonds. The molecule has 1 saturated heterocycles. The quantitative estimate of drug-likeness (QED) is 0.884. The van der Waals surface area contributed by atoms with Crippen LogP contribution in [0, 0.1) is 5.92 Å². The maximum Gasteiger partial charge on any atom is 0.225 e. The maximum atomic E-state index is 12.1. The molecule has 0 spiro atoms. The lowest BCUT2D eigenvalue weighted by Gasteiger charge is -2.21. The van der Waals surface area contributed by atoms with Gasteiger partial charge < -0.3 is 15.8 Å². The molecule has 1 fully saturated rings. The maximum absolute atomic E-state index is 12.1. The van der Waals surface area contributed by atoms with Crippen molar-refractivity contribution in [1.29, 1.82) is 0 Å². The van der Waals surface area contributed by atoms with Crippen LogP contribution in [0.25, 0.3) is 0 Å². The summed E-state index contributed by atoms with van der Waals surface area (Å²) in [4.78, 5) is 12.1. The summed E-state index contributed by atoms with van der Waals surface area (Å²) < 4.78 is 5.24. The van der Waals surface area contributed by atoms with Crippen molar-refractivity contribution >= 4 is 18.3 Å². The minimum absolute atomic E-state index is 0. The zero-order valence-corrected chi connectivity index (χ0v) is 11.9. The van der Waals surface area contributed by atoms with E-state index in [0.29, 0.717) is 6.61 Å². The highest BCUT2D eigenvalue weighted by molar-refractivity contribution is 5.85. The van der Waals surface area contributed by atoms with Gasteiger partial charge in [-0.15, -0.1) is 12.4 Å². The third kappa shape index (κ3) is 4.20. The summed E-state index contributed by atoms with van der Waals surface area (Å²) in [5.41, 5.74) is 7.11. The topological polar surface area (TPSA) is 64.3 Å². The Hall–Kier alpha value is -1.10. The van der Waals surface area contributed by atoms with E-state index in [-0.39, 0.29) is 36.3 Å². The number of ether oxygens (including phenoxy) is 1. The Labute approximate surface area is 120 Å². The van der Waals surface area contributed by atoms with Gasteiger partial charge in [-0.25, -0.2) is 0 Å². The summed E-state index contributed by atoms with van der Waals surface area (Å²) in [5, 5.41) is 2.99. The lowest BCUT2D eigenvalue weighted by molar-refractivity contribution is -0.125. The fraction of sp³-hybridized carbons (Fsp3) is 0.500. The van der Waals surface area contributed by atoms with Crippen LogP contribution in [-0.2, 0) is 9.53 Å². The first-order valence-corrected chi connectivity index (χ1v) is 6.37. The highest BCUT2D eigenvalue weighted by atomic mass is 35.5. The molecule has 5 heteroatoms. The van der Waals surface area contributed by atoms with Crippen LogP contribution >= 0.6 is 12.4 Å². The van der Waals surface area contributed by atoms with Crippen molar-refractivity contribution in [2.75, 3.05) is 13.2 Å². The molecule has 1 heterocycles. The van der Waals surface area contributed by atoms with E-state index in [1.165, 1.54) is 0 Å². The molecule has 3 N–H and O–H groups in total. The first kappa shape index (κ1) is 16.0. The molecule has 1 aliphatic heterocycles. The van der Waals surface area contributed by atoms with Gasteiger partial charge in [0.15, 0.2) is 0 Å². The van der Waals surface area contributed by atoms with Gasteiger partial charge in [0, 0.05) is 12.6 Å². The predicted molar refractivity (Wildman–Crippen MR) is 77.1 cm³/mol. The molecule has 1 aliphatic rings. The lowest BCUT2D eigenvalue weighted by Crippen LogP contribution is -2.41. The largest absolute Gasteiger partial charge is 0.379 e.